The molecule has 15 heteroatoms. The first kappa shape index (κ1) is 53.2. The molecule has 0 saturated heterocycles. The van der Waals surface area contributed by atoms with Gasteiger partial charge in [-0.05, 0) is 51.0 Å². The molecular formula is C42H77N5O10. The zero-order valence-electron chi connectivity index (χ0n) is 35.3. The van der Waals surface area contributed by atoms with Crippen LogP contribution >= 0.6 is 0 Å². The second kappa shape index (κ2) is 34.3. The number of nitrogens with two attached hydrogens (primary N) is 1. The third-order valence-electron chi connectivity index (χ3n) is 10.5. The Balaban J connectivity index is 4.54. The molecule has 15 nitrogen and oxygen atoms in total. The molecule has 0 saturated carbocycles. The van der Waals surface area contributed by atoms with E-state index in [-0.39, 0.29) is 44.4 Å². The van der Waals surface area contributed by atoms with Gasteiger partial charge in [0.1, 0.15) is 24.2 Å². The number of carboxylic acids is 3. The molecule has 5 atom stereocenters. The lowest BCUT2D eigenvalue weighted by molar-refractivity contribution is -0.143. The average molecular weight is 812 g/mol. The number of hydrogen-bond acceptors (Lipinski definition) is 8. The van der Waals surface area contributed by atoms with Gasteiger partial charge in [0, 0.05) is 19.3 Å². The Morgan fingerprint density at radius 3 is 1.21 bits per heavy atom. The van der Waals surface area contributed by atoms with E-state index in [1.165, 1.54) is 83.5 Å². The Kier molecular flexibility index (Phi) is 32.0. The number of carboxylic acid groups (broad SMARTS) is 3. The van der Waals surface area contributed by atoms with Crippen LogP contribution in [-0.4, -0.2) is 87.6 Å². The van der Waals surface area contributed by atoms with E-state index in [0.29, 0.717) is 32.2 Å². The van der Waals surface area contributed by atoms with Gasteiger partial charge >= 0.3 is 17.9 Å². The number of carbonyl (C=O) groups excluding carboxylic acids is 4. The SMILES string of the molecule is CCCCCCCCCCCCCCCCCCCC(=O)N[C@@H](CCC(=O)N[C@@H](CCC(=O)N[C@H](C(=O)N[C@@H](CCCCN)C(=O)O)[C@@H](C)CC)C(=O)O)C(=O)O. The zero-order chi connectivity index (χ0) is 42.8. The van der Waals surface area contributed by atoms with Crippen molar-refractivity contribution in [3.8, 4) is 0 Å². The standard InChI is InChI=1S/C42H77N5O10/c1-4-6-7-8-9-10-11-12-13-14-15-16-17-18-19-20-21-25-35(48)44-33(41(54)55)26-28-36(49)45-34(42(56)57)27-29-37(50)47-38(31(3)5-2)39(51)46-32(40(52)53)24-22-23-30-43/h31-34,38H,4-30,43H2,1-3H3,(H,44,48)(H,45,49)(H,46,51)(H,47,50)(H,52,53)(H,54,55)(H,56,57)/t31-,32-,33-,34-,38-/m0/s1. The molecule has 0 bridgehead atoms. The number of aliphatic carboxylic acids is 3. The van der Waals surface area contributed by atoms with Crippen LogP contribution in [0.3, 0.4) is 0 Å². The number of carbonyl (C=O) groups is 7. The number of hydrogen-bond donors (Lipinski definition) is 8. The highest BCUT2D eigenvalue weighted by Crippen LogP contribution is 2.15. The molecule has 0 heterocycles. The first-order valence-electron chi connectivity index (χ1n) is 21.8. The summed E-state index contributed by atoms with van der Waals surface area (Å²) in [5.74, 6) is -6.84. The lowest BCUT2D eigenvalue weighted by Gasteiger charge is -2.26. The fourth-order valence-electron chi connectivity index (χ4n) is 6.57. The Morgan fingerprint density at radius 1 is 0.456 bits per heavy atom. The van der Waals surface area contributed by atoms with Gasteiger partial charge in [0.15, 0.2) is 0 Å². The minimum atomic E-state index is -1.48. The Bertz CT molecular complexity index is 1170. The van der Waals surface area contributed by atoms with Crippen LogP contribution in [0.1, 0.15) is 188 Å². The smallest absolute Gasteiger partial charge is 0.326 e. The van der Waals surface area contributed by atoms with Crippen molar-refractivity contribution in [2.24, 2.45) is 11.7 Å². The van der Waals surface area contributed by atoms with Crippen LogP contribution in [0.4, 0.5) is 0 Å². The van der Waals surface area contributed by atoms with Gasteiger partial charge in [-0.15, -0.1) is 0 Å². The minimum Gasteiger partial charge on any atom is -0.480 e. The van der Waals surface area contributed by atoms with E-state index in [4.69, 9.17) is 5.73 Å². The topological polar surface area (TPSA) is 254 Å². The summed E-state index contributed by atoms with van der Waals surface area (Å²) in [5.41, 5.74) is 5.47. The van der Waals surface area contributed by atoms with Gasteiger partial charge in [-0.3, -0.25) is 19.2 Å². The van der Waals surface area contributed by atoms with Crippen molar-refractivity contribution in [3.63, 3.8) is 0 Å². The maximum Gasteiger partial charge on any atom is 0.326 e. The maximum atomic E-state index is 13.0. The van der Waals surface area contributed by atoms with Crippen LogP contribution < -0.4 is 27.0 Å². The van der Waals surface area contributed by atoms with E-state index in [2.05, 4.69) is 28.2 Å². The molecule has 330 valence electrons. The van der Waals surface area contributed by atoms with Crippen LogP contribution in [0.2, 0.25) is 0 Å². The average Bonchev–Trinajstić information content (AvgIpc) is 3.17. The van der Waals surface area contributed by atoms with Crippen molar-refractivity contribution < 1.29 is 48.9 Å². The molecule has 0 aliphatic rings. The first-order valence-corrected chi connectivity index (χ1v) is 21.8. The van der Waals surface area contributed by atoms with Crippen LogP contribution in [-0.2, 0) is 33.6 Å². The molecule has 0 radical (unpaired) electrons. The van der Waals surface area contributed by atoms with E-state index >= 15 is 0 Å². The third kappa shape index (κ3) is 28.3. The van der Waals surface area contributed by atoms with Gasteiger partial charge in [0.05, 0.1) is 0 Å². The Labute approximate surface area is 341 Å². The monoisotopic (exact) mass is 812 g/mol. The largest absolute Gasteiger partial charge is 0.480 e. The van der Waals surface area contributed by atoms with Gasteiger partial charge in [0.2, 0.25) is 23.6 Å². The summed E-state index contributed by atoms with van der Waals surface area (Å²) in [7, 11) is 0. The molecule has 0 aromatic carbocycles. The molecule has 4 amide bonds. The summed E-state index contributed by atoms with van der Waals surface area (Å²) in [4.78, 5) is 86.2. The van der Waals surface area contributed by atoms with Crippen LogP contribution in [0.5, 0.6) is 0 Å². The number of amides is 4. The summed E-state index contributed by atoms with van der Waals surface area (Å²) in [5, 5.41) is 38.6. The highest BCUT2D eigenvalue weighted by atomic mass is 16.4. The van der Waals surface area contributed by atoms with E-state index in [9.17, 15) is 48.9 Å². The van der Waals surface area contributed by atoms with Crippen molar-refractivity contribution in [2.45, 2.75) is 212 Å². The zero-order valence-corrected chi connectivity index (χ0v) is 35.3. The molecule has 57 heavy (non-hydrogen) atoms. The van der Waals surface area contributed by atoms with Crippen molar-refractivity contribution >= 4 is 41.5 Å². The number of rotatable bonds is 38. The molecule has 0 aromatic rings. The minimum absolute atomic E-state index is 0.165. The van der Waals surface area contributed by atoms with E-state index in [1.54, 1.807) is 13.8 Å². The number of nitrogens with one attached hydrogen (secondary N) is 4. The summed E-state index contributed by atoms with van der Waals surface area (Å²) in [6.07, 6.45) is 21.3. The lowest BCUT2D eigenvalue weighted by Crippen LogP contribution is -2.54. The van der Waals surface area contributed by atoms with Crippen LogP contribution in [0.25, 0.3) is 0 Å². The van der Waals surface area contributed by atoms with Crippen LogP contribution in [0, 0.1) is 5.92 Å². The van der Waals surface area contributed by atoms with Gasteiger partial charge in [0.25, 0.3) is 0 Å². The normalized spacial score (nSPS) is 13.8. The van der Waals surface area contributed by atoms with Crippen molar-refractivity contribution in [1.82, 2.24) is 21.3 Å². The van der Waals surface area contributed by atoms with Crippen molar-refractivity contribution in [1.29, 1.82) is 0 Å². The highest BCUT2D eigenvalue weighted by Gasteiger charge is 2.30. The van der Waals surface area contributed by atoms with E-state index < -0.39 is 65.7 Å². The van der Waals surface area contributed by atoms with Crippen LogP contribution in [0.15, 0.2) is 0 Å². The van der Waals surface area contributed by atoms with Gasteiger partial charge in [-0.25, -0.2) is 14.4 Å². The van der Waals surface area contributed by atoms with E-state index in [0.717, 1.165) is 19.3 Å². The van der Waals surface area contributed by atoms with Crippen molar-refractivity contribution in [3.05, 3.63) is 0 Å². The molecule has 0 aromatic heterocycles. The molecule has 0 aliphatic heterocycles. The summed E-state index contributed by atoms with van der Waals surface area (Å²) >= 11 is 0. The molecule has 0 unspecified atom stereocenters. The third-order valence-corrected chi connectivity index (χ3v) is 10.5. The van der Waals surface area contributed by atoms with E-state index in [1.807, 2.05) is 0 Å². The molecule has 0 spiro atoms. The molecule has 0 fully saturated rings. The molecule has 0 aliphatic carbocycles. The fourth-order valence-corrected chi connectivity index (χ4v) is 6.57. The summed E-state index contributed by atoms with van der Waals surface area (Å²) in [6, 6.07) is -5.04. The maximum absolute atomic E-state index is 13.0. The molecule has 0 rings (SSSR count). The fraction of sp³-hybridized carbons (Fsp3) is 0.833. The summed E-state index contributed by atoms with van der Waals surface area (Å²) in [6.45, 7) is 6.13. The highest BCUT2D eigenvalue weighted by molar-refractivity contribution is 5.91. The summed E-state index contributed by atoms with van der Waals surface area (Å²) < 4.78 is 0. The second-order valence-electron chi connectivity index (χ2n) is 15.5. The number of unbranched alkanes of at least 4 members (excludes halogenated alkanes) is 17. The quantitative estimate of drug-likeness (QED) is 0.0338. The van der Waals surface area contributed by atoms with Crippen molar-refractivity contribution in [2.75, 3.05) is 6.54 Å². The Hall–Kier alpha value is -3.75. The van der Waals surface area contributed by atoms with Gasteiger partial charge in [-0.1, -0.05) is 130 Å². The molecule has 9 N–H and O–H groups in total. The molecular weight excluding hydrogens is 734 g/mol. The second-order valence-corrected chi connectivity index (χ2v) is 15.5. The van der Waals surface area contributed by atoms with Gasteiger partial charge in [-0.2, -0.15) is 0 Å². The lowest BCUT2D eigenvalue weighted by atomic mass is 9.97. The van der Waals surface area contributed by atoms with Gasteiger partial charge < -0.3 is 42.3 Å². The predicted octanol–water partition coefficient (Wildman–Crippen LogP) is 5.96. The first-order chi connectivity index (χ1) is 27.3. The predicted molar refractivity (Wildman–Crippen MR) is 220 cm³/mol. The Morgan fingerprint density at radius 2 is 0.825 bits per heavy atom.